The minimum atomic E-state index is 0.166. The number of anilines is 1. The summed E-state index contributed by atoms with van der Waals surface area (Å²) in [5.41, 5.74) is 4.36. The number of carbonyl (C=O) groups excluding carboxylic acids is 1. The lowest BCUT2D eigenvalue weighted by Gasteiger charge is -2.40. The molecule has 0 saturated heterocycles. The second kappa shape index (κ2) is 8.17. The van der Waals surface area contributed by atoms with Gasteiger partial charge in [0.2, 0.25) is 5.91 Å². The second-order valence-electron chi connectivity index (χ2n) is 7.85. The molecule has 1 aromatic carbocycles. The van der Waals surface area contributed by atoms with Crippen LogP contribution in [-0.2, 0) is 17.6 Å². The standard InChI is InChI=1S/C22H30N4O/c1-15-12-19-8-6-7-9-21(19)26(17(15)3)22(27)14-25(5)11-10-20-13-16(2)23-18(4)24-20/h6-9,13,15,17H,10-12,14H2,1-5H3. The van der Waals surface area contributed by atoms with Gasteiger partial charge in [-0.2, -0.15) is 0 Å². The molecule has 3 rings (SSSR count). The zero-order valence-corrected chi connectivity index (χ0v) is 17.1. The van der Waals surface area contributed by atoms with Crippen LogP contribution in [0.4, 0.5) is 5.69 Å². The molecule has 2 unspecified atom stereocenters. The highest BCUT2D eigenvalue weighted by molar-refractivity contribution is 5.96. The number of rotatable bonds is 5. The molecule has 2 aromatic rings. The molecule has 0 aliphatic carbocycles. The van der Waals surface area contributed by atoms with Crippen LogP contribution < -0.4 is 4.90 Å². The Balaban J connectivity index is 1.65. The number of aromatic nitrogens is 2. The monoisotopic (exact) mass is 366 g/mol. The van der Waals surface area contributed by atoms with Gasteiger partial charge in [-0.25, -0.2) is 9.97 Å². The van der Waals surface area contributed by atoms with Gasteiger partial charge in [-0.15, -0.1) is 0 Å². The van der Waals surface area contributed by atoms with E-state index in [-0.39, 0.29) is 11.9 Å². The molecule has 0 fully saturated rings. The van der Waals surface area contributed by atoms with Gasteiger partial charge in [-0.05, 0) is 57.9 Å². The number of hydrogen-bond acceptors (Lipinski definition) is 4. The molecule has 144 valence electrons. The van der Waals surface area contributed by atoms with Crippen molar-refractivity contribution < 1.29 is 4.79 Å². The molecule has 0 saturated carbocycles. The second-order valence-corrected chi connectivity index (χ2v) is 7.85. The van der Waals surface area contributed by atoms with Crippen LogP contribution in [0.15, 0.2) is 30.3 Å². The van der Waals surface area contributed by atoms with Gasteiger partial charge < -0.3 is 4.90 Å². The summed E-state index contributed by atoms with van der Waals surface area (Å²) < 4.78 is 0. The summed E-state index contributed by atoms with van der Waals surface area (Å²) in [6, 6.07) is 10.5. The van der Waals surface area contributed by atoms with Crippen LogP contribution in [0, 0.1) is 19.8 Å². The molecule has 0 N–H and O–H groups in total. The molecule has 2 atom stereocenters. The van der Waals surface area contributed by atoms with Gasteiger partial charge in [0.1, 0.15) is 5.82 Å². The Hall–Kier alpha value is -2.27. The number of para-hydroxylation sites is 1. The third-order valence-electron chi connectivity index (χ3n) is 5.47. The maximum atomic E-state index is 13.1. The average molecular weight is 367 g/mol. The topological polar surface area (TPSA) is 49.3 Å². The Morgan fingerprint density at radius 2 is 1.96 bits per heavy atom. The van der Waals surface area contributed by atoms with Crippen molar-refractivity contribution in [1.82, 2.24) is 14.9 Å². The van der Waals surface area contributed by atoms with Crippen LogP contribution in [0.1, 0.15) is 36.6 Å². The number of likely N-dealkylation sites (N-methyl/N-ethyl adjacent to an activating group) is 1. The molecule has 1 aliphatic heterocycles. The van der Waals surface area contributed by atoms with E-state index in [4.69, 9.17) is 0 Å². The Kier molecular flexibility index (Phi) is 5.90. The Bertz CT molecular complexity index is 799. The number of nitrogens with zero attached hydrogens (tertiary/aromatic N) is 4. The first-order chi connectivity index (χ1) is 12.8. The quantitative estimate of drug-likeness (QED) is 0.815. The van der Waals surface area contributed by atoms with Gasteiger partial charge >= 0.3 is 0 Å². The molecule has 5 nitrogen and oxygen atoms in total. The molecule has 1 aliphatic rings. The third kappa shape index (κ3) is 4.53. The molecule has 0 spiro atoms. The van der Waals surface area contributed by atoms with Crippen molar-refractivity contribution in [3.63, 3.8) is 0 Å². The fourth-order valence-corrected chi connectivity index (χ4v) is 3.88. The Morgan fingerprint density at radius 3 is 2.70 bits per heavy atom. The minimum absolute atomic E-state index is 0.166. The number of fused-ring (bicyclic) bond motifs is 1. The summed E-state index contributed by atoms with van der Waals surface area (Å²) in [5, 5.41) is 0. The average Bonchev–Trinajstić information content (AvgIpc) is 2.60. The largest absolute Gasteiger partial charge is 0.308 e. The first-order valence-electron chi connectivity index (χ1n) is 9.75. The summed E-state index contributed by atoms with van der Waals surface area (Å²) >= 11 is 0. The van der Waals surface area contributed by atoms with Gasteiger partial charge in [-0.1, -0.05) is 25.1 Å². The van der Waals surface area contributed by atoms with Crippen LogP contribution in [0.25, 0.3) is 0 Å². The zero-order chi connectivity index (χ0) is 19.6. The highest BCUT2D eigenvalue weighted by Gasteiger charge is 2.32. The molecule has 5 heteroatoms. The van der Waals surface area contributed by atoms with Crippen LogP contribution >= 0.6 is 0 Å². The molecular formula is C22H30N4O. The molecule has 1 amide bonds. The van der Waals surface area contributed by atoms with E-state index in [0.29, 0.717) is 12.5 Å². The zero-order valence-electron chi connectivity index (χ0n) is 17.1. The molecule has 0 radical (unpaired) electrons. The van der Waals surface area contributed by atoms with Crippen molar-refractivity contribution in [2.45, 2.75) is 46.6 Å². The number of carbonyl (C=O) groups is 1. The Labute approximate surface area is 162 Å². The third-order valence-corrected chi connectivity index (χ3v) is 5.47. The van der Waals surface area contributed by atoms with Crippen molar-refractivity contribution in [3.8, 4) is 0 Å². The van der Waals surface area contributed by atoms with Crippen molar-refractivity contribution in [2.24, 2.45) is 5.92 Å². The van der Waals surface area contributed by atoms with Crippen molar-refractivity contribution in [3.05, 3.63) is 53.1 Å². The van der Waals surface area contributed by atoms with E-state index >= 15 is 0 Å². The lowest BCUT2D eigenvalue weighted by Crippen LogP contribution is -2.49. The van der Waals surface area contributed by atoms with E-state index in [1.165, 1.54) is 5.56 Å². The highest BCUT2D eigenvalue weighted by atomic mass is 16.2. The summed E-state index contributed by atoms with van der Waals surface area (Å²) in [7, 11) is 2.00. The minimum Gasteiger partial charge on any atom is -0.308 e. The highest BCUT2D eigenvalue weighted by Crippen LogP contribution is 2.33. The van der Waals surface area contributed by atoms with Crippen LogP contribution in [0.5, 0.6) is 0 Å². The van der Waals surface area contributed by atoms with Crippen LogP contribution in [0.3, 0.4) is 0 Å². The van der Waals surface area contributed by atoms with E-state index in [0.717, 1.165) is 42.3 Å². The summed E-state index contributed by atoms with van der Waals surface area (Å²) in [4.78, 5) is 26.0. The number of benzene rings is 1. The van der Waals surface area contributed by atoms with Crippen LogP contribution in [0.2, 0.25) is 0 Å². The van der Waals surface area contributed by atoms with E-state index in [9.17, 15) is 4.79 Å². The fraction of sp³-hybridized carbons (Fsp3) is 0.500. The number of aryl methyl sites for hydroxylation is 2. The van der Waals surface area contributed by atoms with Gasteiger partial charge in [-0.3, -0.25) is 9.69 Å². The molecule has 27 heavy (non-hydrogen) atoms. The van der Waals surface area contributed by atoms with E-state index in [1.54, 1.807) is 0 Å². The van der Waals surface area contributed by atoms with E-state index in [1.807, 2.05) is 37.9 Å². The van der Waals surface area contributed by atoms with E-state index < -0.39 is 0 Å². The normalized spacial score (nSPS) is 19.3. The lowest BCUT2D eigenvalue weighted by atomic mass is 9.87. The first-order valence-corrected chi connectivity index (χ1v) is 9.75. The van der Waals surface area contributed by atoms with Gasteiger partial charge in [0.15, 0.2) is 0 Å². The summed E-state index contributed by atoms with van der Waals surface area (Å²) in [5.74, 6) is 1.43. The van der Waals surface area contributed by atoms with Crippen molar-refractivity contribution >= 4 is 11.6 Å². The predicted molar refractivity (Wildman–Crippen MR) is 109 cm³/mol. The maximum Gasteiger partial charge on any atom is 0.241 e. The number of hydrogen-bond donors (Lipinski definition) is 0. The summed E-state index contributed by atoms with van der Waals surface area (Å²) in [6.45, 7) is 9.49. The predicted octanol–water partition coefficient (Wildman–Crippen LogP) is 3.18. The molecule has 0 bridgehead atoms. The molecular weight excluding hydrogens is 336 g/mol. The Morgan fingerprint density at radius 1 is 1.22 bits per heavy atom. The molecule has 2 heterocycles. The van der Waals surface area contributed by atoms with Crippen LogP contribution in [-0.4, -0.2) is 47.0 Å². The lowest BCUT2D eigenvalue weighted by molar-refractivity contribution is -0.120. The number of amides is 1. The first kappa shape index (κ1) is 19.5. The van der Waals surface area contributed by atoms with E-state index in [2.05, 4.69) is 46.9 Å². The smallest absolute Gasteiger partial charge is 0.241 e. The molecule has 1 aromatic heterocycles. The van der Waals surface area contributed by atoms with Gasteiger partial charge in [0, 0.05) is 36.1 Å². The SMILES string of the molecule is Cc1cc(CCN(C)CC(=O)N2c3ccccc3CC(C)C2C)nc(C)n1. The van der Waals surface area contributed by atoms with Gasteiger partial charge in [0.05, 0.1) is 6.54 Å². The van der Waals surface area contributed by atoms with Gasteiger partial charge in [0.25, 0.3) is 0 Å². The van der Waals surface area contributed by atoms with Crippen molar-refractivity contribution in [1.29, 1.82) is 0 Å². The fourth-order valence-electron chi connectivity index (χ4n) is 3.88. The van der Waals surface area contributed by atoms with Crippen molar-refractivity contribution in [2.75, 3.05) is 25.0 Å². The maximum absolute atomic E-state index is 13.1. The summed E-state index contributed by atoms with van der Waals surface area (Å²) in [6.07, 6.45) is 1.85.